The number of nitrogens with one attached hydrogen (secondary N) is 3. The van der Waals surface area contributed by atoms with E-state index >= 15 is 0 Å². The summed E-state index contributed by atoms with van der Waals surface area (Å²) in [5, 5.41) is 8.50. The fourth-order valence-corrected chi connectivity index (χ4v) is 5.13. The van der Waals surface area contributed by atoms with E-state index in [2.05, 4.69) is 36.8 Å². The molecule has 4 rings (SSSR count). The first-order valence-electron chi connectivity index (χ1n) is 9.48. The van der Waals surface area contributed by atoms with Crippen molar-refractivity contribution in [2.75, 3.05) is 31.6 Å². The quantitative estimate of drug-likeness (QED) is 0.270. The van der Waals surface area contributed by atoms with Gasteiger partial charge >= 0.3 is 0 Å². The third-order valence-corrected chi connectivity index (χ3v) is 7.37. The Balaban J connectivity index is 1.36. The minimum Gasteiger partial charge on any atom is -0.379 e. The monoisotopic (exact) mass is 521 g/mol. The van der Waals surface area contributed by atoms with Crippen LogP contribution in [0.1, 0.15) is 5.56 Å². The Labute approximate surface area is 193 Å². The maximum atomic E-state index is 12.7. The molecule has 11 heteroatoms. The van der Waals surface area contributed by atoms with E-state index in [-0.39, 0.29) is 4.90 Å². The first-order chi connectivity index (χ1) is 14.9. The summed E-state index contributed by atoms with van der Waals surface area (Å²) >= 11 is 8.73. The van der Waals surface area contributed by atoms with E-state index in [1.165, 1.54) is 4.31 Å². The van der Waals surface area contributed by atoms with Crippen molar-refractivity contribution in [3.8, 4) is 0 Å². The normalized spacial score (nSPS) is 15.4. The molecule has 0 spiro atoms. The van der Waals surface area contributed by atoms with E-state index in [9.17, 15) is 8.42 Å². The number of fused-ring (bicyclic) bond motifs is 1. The highest BCUT2D eigenvalue weighted by Gasteiger charge is 2.26. The molecule has 0 atom stereocenters. The molecule has 0 saturated carbocycles. The summed E-state index contributed by atoms with van der Waals surface area (Å²) in [7, 11) is -3.52. The second-order valence-electron chi connectivity index (χ2n) is 6.80. The summed E-state index contributed by atoms with van der Waals surface area (Å²) in [5.74, 6) is 0. The maximum Gasteiger partial charge on any atom is 0.243 e. The number of aromatic amines is 1. The molecule has 0 amide bonds. The van der Waals surface area contributed by atoms with Crippen LogP contribution in [0.2, 0.25) is 0 Å². The van der Waals surface area contributed by atoms with Gasteiger partial charge in [-0.1, -0.05) is 15.9 Å². The molecule has 8 nitrogen and oxygen atoms in total. The van der Waals surface area contributed by atoms with E-state index in [0.29, 0.717) is 37.1 Å². The molecule has 0 radical (unpaired) electrons. The highest BCUT2D eigenvalue weighted by atomic mass is 79.9. The number of sulfonamides is 1. The minimum atomic E-state index is -3.52. The maximum absolute atomic E-state index is 12.7. The molecule has 1 saturated heterocycles. The average Bonchev–Trinajstić information content (AvgIpc) is 3.17. The highest BCUT2D eigenvalue weighted by Crippen LogP contribution is 2.22. The van der Waals surface area contributed by atoms with Gasteiger partial charge in [0.2, 0.25) is 10.0 Å². The lowest BCUT2D eigenvalue weighted by atomic mass is 10.2. The van der Waals surface area contributed by atoms with Gasteiger partial charge in [-0.15, -0.1) is 0 Å². The topological polar surface area (TPSA) is 98.8 Å². The van der Waals surface area contributed by atoms with Gasteiger partial charge in [0.1, 0.15) is 0 Å². The van der Waals surface area contributed by atoms with Gasteiger partial charge in [0.25, 0.3) is 0 Å². The van der Waals surface area contributed by atoms with Gasteiger partial charge in [-0.25, -0.2) is 8.42 Å². The van der Waals surface area contributed by atoms with Crippen LogP contribution in [-0.4, -0.2) is 55.3 Å². The summed E-state index contributed by atoms with van der Waals surface area (Å²) in [6.45, 7) is 1.55. The molecule has 1 aromatic heterocycles. The highest BCUT2D eigenvalue weighted by molar-refractivity contribution is 9.10. The van der Waals surface area contributed by atoms with Crippen molar-refractivity contribution in [3.05, 3.63) is 58.7 Å². The zero-order chi connectivity index (χ0) is 21.8. The van der Waals surface area contributed by atoms with Gasteiger partial charge in [-0.05, 0) is 54.7 Å². The van der Waals surface area contributed by atoms with Crippen molar-refractivity contribution in [2.45, 2.75) is 4.90 Å². The molecular formula is C20H20BrN5O3S2. The fourth-order valence-electron chi connectivity index (χ4n) is 3.19. The second-order valence-corrected chi connectivity index (χ2v) is 10.1. The van der Waals surface area contributed by atoms with Crippen LogP contribution in [0.25, 0.3) is 10.9 Å². The molecule has 3 aromatic rings. The lowest BCUT2D eigenvalue weighted by molar-refractivity contribution is 0.0730. The van der Waals surface area contributed by atoms with Gasteiger partial charge < -0.3 is 15.0 Å². The number of benzene rings is 2. The predicted octanol–water partition coefficient (Wildman–Crippen LogP) is 3.27. The summed E-state index contributed by atoms with van der Waals surface area (Å²) in [5.41, 5.74) is 5.36. The van der Waals surface area contributed by atoms with Crippen molar-refractivity contribution >= 4 is 66.1 Å². The molecule has 162 valence electrons. The second kappa shape index (κ2) is 9.45. The summed E-state index contributed by atoms with van der Waals surface area (Å²) in [6.07, 6.45) is 3.55. The Morgan fingerprint density at radius 1 is 1.19 bits per heavy atom. The van der Waals surface area contributed by atoms with Crippen molar-refractivity contribution < 1.29 is 13.2 Å². The number of anilines is 1. The van der Waals surface area contributed by atoms with Crippen molar-refractivity contribution in [2.24, 2.45) is 5.10 Å². The molecule has 0 aliphatic carbocycles. The van der Waals surface area contributed by atoms with Crippen LogP contribution < -0.4 is 10.7 Å². The number of aromatic nitrogens is 1. The fraction of sp³-hybridized carbons (Fsp3) is 0.200. The number of hydrazone groups is 1. The molecule has 2 aromatic carbocycles. The molecule has 1 aliphatic heterocycles. The largest absolute Gasteiger partial charge is 0.379 e. The standard InChI is InChI=1S/C20H20BrN5O3S2/c21-15-1-6-19-18(11-15)14(12-22-19)13-23-25-20(30)24-16-2-4-17(5-3-16)31(27,28)26-7-9-29-10-8-26/h1-6,11-13,22H,7-10H2,(H2,24,25,30). The number of thiocarbonyl (C=S) groups is 1. The Bertz CT molecular complexity index is 1220. The molecular weight excluding hydrogens is 502 g/mol. The van der Waals surface area contributed by atoms with E-state index < -0.39 is 10.0 Å². The number of H-pyrrole nitrogens is 1. The van der Waals surface area contributed by atoms with Crippen LogP contribution in [0.5, 0.6) is 0 Å². The molecule has 1 fully saturated rings. The number of halogens is 1. The van der Waals surface area contributed by atoms with E-state index in [1.54, 1.807) is 30.5 Å². The molecule has 0 unspecified atom stereocenters. The molecule has 2 heterocycles. The van der Waals surface area contributed by atoms with Gasteiger partial charge in [0.15, 0.2) is 5.11 Å². The average molecular weight is 522 g/mol. The number of hydrogen-bond donors (Lipinski definition) is 3. The SMILES string of the molecule is O=S(=O)(c1ccc(NC(=S)NN=Cc2c[nH]c3ccc(Br)cc23)cc1)N1CCOCC1. The zero-order valence-electron chi connectivity index (χ0n) is 16.3. The number of nitrogens with zero attached hydrogens (tertiary/aromatic N) is 2. The van der Waals surface area contributed by atoms with Crippen molar-refractivity contribution in [1.29, 1.82) is 0 Å². The number of ether oxygens (including phenoxy) is 1. The summed E-state index contributed by atoms with van der Waals surface area (Å²) < 4.78 is 33.0. The van der Waals surface area contributed by atoms with Crippen LogP contribution in [0.15, 0.2) is 63.1 Å². The number of morpholine rings is 1. The van der Waals surface area contributed by atoms with Crippen LogP contribution in [0.3, 0.4) is 0 Å². The van der Waals surface area contributed by atoms with Crippen LogP contribution in [-0.2, 0) is 14.8 Å². The van der Waals surface area contributed by atoms with Crippen LogP contribution >= 0.6 is 28.1 Å². The molecule has 0 bridgehead atoms. The van der Waals surface area contributed by atoms with E-state index in [1.807, 2.05) is 24.4 Å². The Kier molecular flexibility index (Phi) is 6.68. The Morgan fingerprint density at radius 2 is 1.94 bits per heavy atom. The number of rotatable bonds is 5. The van der Waals surface area contributed by atoms with Crippen LogP contribution in [0, 0.1) is 0 Å². The first-order valence-corrected chi connectivity index (χ1v) is 12.1. The van der Waals surface area contributed by atoms with Crippen LogP contribution in [0.4, 0.5) is 5.69 Å². The van der Waals surface area contributed by atoms with Crippen molar-refractivity contribution in [1.82, 2.24) is 14.7 Å². The third-order valence-electron chi connectivity index (χ3n) is 4.77. The zero-order valence-corrected chi connectivity index (χ0v) is 19.6. The first kappa shape index (κ1) is 21.9. The van der Waals surface area contributed by atoms with Gasteiger partial charge in [0, 0.05) is 45.9 Å². The smallest absolute Gasteiger partial charge is 0.243 e. The Hall–Kier alpha value is -2.31. The summed E-state index contributed by atoms with van der Waals surface area (Å²) in [6, 6.07) is 12.4. The van der Waals surface area contributed by atoms with Gasteiger partial charge in [-0.3, -0.25) is 5.43 Å². The Morgan fingerprint density at radius 3 is 2.68 bits per heavy atom. The summed E-state index contributed by atoms with van der Waals surface area (Å²) in [4.78, 5) is 3.42. The molecule has 31 heavy (non-hydrogen) atoms. The minimum absolute atomic E-state index is 0.238. The third kappa shape index (κ3) is 5.13. The molecule has 3 N–H and O–H groups in total. The lowest BCUT2D eigenvalue weighted by Gasteiger charge is -2.26. The van der Waals surface area contributed by atoms with Gasteiger partial charge in [0.05, 0.1) is 24.3 Å². The van der Waals surface area contributed by atoms with Crippen molar-refractivity contribution in [3.63, 3.8) is 0 Å². The number of hydrogen-bond acceptors (Lipinski definition) is 5. The van der Waals surface area contributed by atoms with E-state index in [0.717, 1.165) is 20.9 Å². The lowest BCUT2D eigenvalue weighted by Crippen LogP contribution is -2.40. The molecule has 1 aliphatic rings. The van der Waals surface area contributed by atoms with E-state index in [4.69, 9.17) is 17.0 Å². The van der Waals surface area contributed by atoms with Gasteiger partial charge in [-0.2, -0.15) is 9.41 Å². The predicted molar refractivity (Wildman–Crippen MR) is 129 cm³/mol.